The van der Waals surface area contributed by atoms with E-state index in [2.05, 4.69) is 15.6 Å². The standard InChI is InChI=1S/C22H24N4O4/c1-29-19-12-14-9-10-17(16(14)13-20(19)30-2)23-21(27)8-5-11-26-22(28)15-6-3-4-7-18(15)24-25-26/h3-4,6-7,12-13,17H,5,8-11H2,1-2H3,(H,23,27)/t17-/m0/s1. The van der Waals surface area contributed by atoms with Crippen LogP contribution in [0.2, 0.25) is 0 Å². The van der Waals surface area contributed by atoms with Crippen LogP contribution in [0.15, 0.2) is 41.2 Å². The molecule has 0 saturated carbocycles. The van der Waals surface area contributed by atoms with Gasteiger partial charge in [-0.3, -0.25) is 9.59 Å². The number of nitrogens with one attached hydrogen (secondary N) is 1. The lowest BCUT2D eigenvalue weighted by molar-refractivity contribution is -0.122. The molecule has 0 spiro atoms. The fraction of sp³-hybridized carbons (Fsp3) is 0.364. The van der Waals surface area contributed by atoms with Gasteiger partial charge in [0.1, 0.15) is 5.52 Å². The van der Waals surface area contributed by atoms with Gasteiger partial charge in [-0.25, -0.2) is 4.68 Å². The van der Waals surface area contributed by atoms with Crippen molar-refractivity contribution in [1.82, 2.24) is 20.3 Å². The summed E-state index contributed by atoms with van der Waals surface area (Å²) in [6.45, 7) is 0.344. The number of benzene rings is 2. The van der Waals surface area contributed by atoms with E-state index >= 15 is 0 Å². The second kappa shape index (κ2) is 8.52. The Morgan fingerprint density at radius 2 is 1.97 bits per heavy atom. The summed E-state index contributed by atoms with van der Waals surface area (Å²) in [7, 11) is 3.22. The van der Waals surface area contributed by atoms with E-state index in [4.69, 9.17) is 9.47 Å². The smallest absolute Gasteiger partial charge is 0.277 e. The molecule has 3 aromatic rings. The van der Waals surface area contributed by atoms with Crippen molar-refractivity contribution >= 4 is 16.8 Å². The van der Waals surface area contributed by atoms with Crippen LogP contribution in [0.5, 0.6) is 11.5 Å². The van der Waals surface area contributed by atoms with Gasteiger partial charge in [-0.1, -0.05) is 17.3 Å². The minimum absolute atomic E-state index is 0.0458. The third-order valence-electron chi connectivity index (χ3n) is 5.46. The van der Waals surface area contributed by atoms with Crippen molar-refractivity contribution in [3.05, 3.63) is 57.9 Å². The Morgan fingerprint density at radius 3 is 2.77 bits per heavy atom. The molecular weight excluding hydrogens is 384 g/mol. The maximum atomic E-state index is 12.5. The second-order valence-electron chi connectivity index (χ2n) is 7.30. The number of nitrogens with zero attached hydrogens (tertiary/aromatic N) is 3. The number of fused-ring (bicyclic) bond motifs is 2. The van der Waals surface area contributed by atoms with E-state index in [0.717, 1.165) is 24.0 Å². The van der Waals surface area contributed by atoms with Gasteiger partial charge in [-0.15, -0.1) is 5.10 Å². The summed E-state index contributed by atoms with van der Waals surface area (Å²) < 4.78 is 12.1. The molecule has 0 bridgehead atoms. The number of aromatic nitrogens is 3. The van der Waals surface area contributed by atoms with Crippen molar-refractivity contribution in [2.75, 3.05) is 14.2 Å². The number of carbonyl (C=O) groups is 1. The fourth-order valence-electron chi connectivity index (χ4n) is 3.91. The van der Waals surface area contributed by atoms with Gasteiger partial charge in [0, 0.05) is 13.0 Å². The molecule has 1 atom stereocenters. The highest BCUT2D eigenvalue weighted by atomic mass is 16.5. The fourth-order valence-corrected chi connectivity index (χ4v) is 3.91. The van der Waals surface area contributed by atoms with Gasteiger partial charge in [0.25, 0.3) is 5.56 Å². The Kier molecular flexibility index (Phi) is 5.65. The molecule has 1 N–H and O–H groups in total. The van der Waals surface area contributed by atoms with Crippen LogP contribution in [0.3, 0.4) is 0 Å². The number of ether oxygens (including phenoxy) is 2. The topological polar surface area (TPSA) is 95.3 Å². The van der Waals surface area contributed by atoms with E-state index in [9.17, 15) is 9.59 Å². The summed E-state index contributed by atoms with van der Waals surface area (Å²) >= 11 is 0. The van der Waals surface area contributed by atoms with Crippen molar-refractivity contribution in [1.29, 1.82) is 0 Å². The van der Waals surface area contributed by atoms with E-state index in [1.54, 1.807) is 32.4 Å². The molecule has 1 amide bonds. The zero-order chi connectivity index (χ0) is 21.1. The average molecular weight is 408 g/mol. The third kappa shape index (κ3) is 3.85. The van der Waals surface area contributed by atoms with Crippen LogP contribution < -0.4 is 20.3 Å². The van der Waals surface area contributed by atoms with Crippen LogP contribution >= 0.6 is 0 Å². The number of methoxy groups -OCH3 is 2. The number of rotatable bonds is 7. The first-order chi connectivity index (χ1) is 14.6. The van der Waals surface area contributed by atoms with Crippen LogP contribution in [0.25, 0.3) is 10.9 Å². The van der Waals surface area contributed by atoms with Gasteiger partial charge in [0.15, 0.2) is 11.5 Å². The van der Waals surface area contributed by atoms with Crippen LogP contribution in [0, 0.1) is 0 Å². The summed E-state index contributed by atoms with van der Waals surface area (Å²) in [5.41, 5.74) is 2.61. The minimum Gasteiger partial charge on any atom is -0.493 e. The van der Waals surface area contributed by atoms with Gasteiger partial charge in [-0.2, -0.15) is 0 Å². The van der Waals surface area contributed by atoms with Crippen molar-refractivity contribution in [2.45, 2.75) is 38.3 Å². The lowest BCUT2D eigenvalue weighted by Gasteiger charge is -2.16. The van der Waals surface area contributed by atoms with Gasteiger partial charge in [0.05, 0.1) is 25.6 Å². The molecule has 1 aliphatic carbocycles. The minimum atomic E-state index is -0.188. The maximum Gasteiger partial charge on any atom is 0.277 e. The predicted octanol–water partition coefficient (Wildman–Crippen LogP) is 2.39. The molecule has 0 fully saturated rings. The van der Waals surface area contributed by atoms with E-state index in [0.29, 0.717) is 41.8 Å². The third-order valence-corrected chi connectivity index (χ3v) is 5.46. The van der Waals surface area contributed by atoms with Crippen LogP contribution in [-0.4, -0.2) is 35.1 Å². The summed E-state index contributed by atoms with van der Waals surface area (Å²) in [5.74, 6) is 1.31. The number of aryl methyl sites for hydroxylation is 2. The summed E-state index contributed by atoms with van der Waals surface area (Å²) in [6, 6.07) is 11.0. The molecule has 0 saturated heterocycles. The van der Waals surface area contributed by atoms with Crippen molar-refractivity contribution in [3.63, 3.8) is 0 Å². The molecule has 4 rings (SSSR count). The summed E-state index contributed by atoms with van der Waals surface area (Å²) in [4.78, 5) is 25.0. The molecule has 1 heterocycles. The quantitative estimate of drug-likeness (QED) is 0.645. The molecule has 0 unspecified atom stereocenters. The van der Waals surface area contributed by atoms with E-state index in [1.807, 2.05) is 18.2 Å². The highest BCUT2D eigenvalue weighted by molar-refractivity contribution is 5.77. The Balaban J connectivity index is 1.37. The first-order valence-electron chi connectivity index (χ1n) is 9.97. The molecule has 2 aromatic carbocycles. The van der Waals surface area contributed by atoms with E-state index < -0.39 is 0 Å². The monoisotopic (exact) mass is 408 g/mol. The van der Waals surface area contributed by atoms with E-state index in [-0.39, 0.29) is 17.5 Å². The van der Waals surface area contributed by atoms with Gasteiger partial charge < -0.3 is 14.8 Å². The lowest BCUT2D eigenvalue weighted by Crippen LogP contribution is -2.28. The zero-order valence-corrected chi connectivity index (χ0v) is 17.1. The Bertz CT molecular complexity index is 1140. The van der Waals surface area contributed by atoms with Gasteiger partial charge >= 0.3 is 0 Å². The Labute approximate surface area is 173 Å². The van der Waals surface area contributed by atoms with Crippen molar-refractivity contribution in [2.24, 2.45) is 0 Å². The van der Waals surface area contributed by atoms with Crippen LogP contribution in [0.4, 0.5) is 0 Å². The van der Waals surface area contributed by atoms with Gasteiger partial charge in [-0.05, 0) is 54.7 Å². The van der Waals surface area contributed by atoms with Crippen LogP contribution in [0.1, 0.15) is 36.4 Å². The summed E-state index contributed by atoms with van der Waals surface area (Å²) in [6.07, 6.45) is 2.53. The lowest BCUT2D eigenvalue weighted by atomic mass is 10.1. The number of hydrogen-bond donors (Lipinski definition) is 1. The molecular formula is C22H24N4O4. The Morgan fingerprint density at radius 1 is 1.20 bits per heavy atom. The first kappa shape index (κ1) is 19.9. The number of amides is 1. The normalized spacial score (nSPS) is 15.1. The van der Waals surface area contributed by atoms with Gasteiger partial charge in [0.2, 0.25) is 5.91 Å². The maximum absolute atomic E-state index is 12.5. The average Bonchev–Trinajstić information content (AvgIpc) is 3.15. The predicted molar refractivity (Wildman–Crippen MR) is 112 cm³/mol. The van der Waals surface area contributed by atoms with Crippen molar-refractivity contribution < 1.29 is 14.3 Å². The Hall–Kier alpha value is -3.42. The molecule has 30 heavy (non-hydrogen) atoms. The molecule has 8 heteroatoms. The molecule has 8 nitrogen and oxygen atoms in total. The zero-order valence-electron chi connectivity index (χ0n) is 17.1. The SMILES string of the molecule is COc1cc2c(cc1OC)[C@@H](NC(=O)CCCn1nnc3ccccc3c1=O)CC2. The molecule has 1 aliphatic rings. The number of hydrogen-bond acceptors (Lipinski definition) is 6. The summed E-state index contributed by atoms with van der Waals surface area (Å²) in [5, 5.41) is 11.7. The second-order valence-corrected chi connectivity index (χ2v) is 7.30. The van der Waals surface area contributed by atoms with Crippen molar-refractivity contribution in [3.8, 4) is 11.5 Å². The molecule has 1 aromatic heterocycles. The molecule has 156 valence electrons. The highest BCUT2D eigenvalue weighted by Crippen LogP contribution is 2.39. The van der Waals surface area contributed by atoms with E-state index in [1.165, 1.54) is 4.68 Å². The highest BCUT2D eigenvalue weighted by Gasteiger charge is 2.26. The number of carbonyl (C=O) groups excluding carboxylic acids is 1. The van der Waals surface area contributed by atoms with Crippen LogP contribution in [-0.2, 0) is 17.8 Å². The largest absolute Gasteiger partial charge is 0.493 e. The molecule has 0 aliphatic heterocycles. The first-order valence-corrected chi connectivity index (χ1v) is 9.97. The molecule has 0 radical (unpaired) electrons.